The summed E-state index contributed by atoms with van der Waals surface area (Å²) in [4.78, 5) is 15.0. The maximum absolute atomic E-state index is 12.9. The summed E-state index contributed by atoms with van der Waals surface area (Å²) in [5, 5.41) is 0. The van der Waals surface area contributed by atoms with Crippen LogP contribution in [0.2, 0.25) is 0 Å². The fourth-order valence-electron chi connectivity index (χ4n) is 2.63. The number of nitrogens with zero attached hydrogens (tertiary/aromatic N) is 2. The van der Waals surface area contributed by atoms with Gasteiger partial charge in [-0.25, -0.2) is 0 Å². The maximum Gasteiger partial charge on any atom is 0.405 e. The molecule has 2 atom stereocenters. The summed E-state index contributed by atoms with van der Waals surface area (Å²) in [6, 6.07) is -2.41. The van der Waals surface area contributed by atoms with Crippen molar-refractivity contribution in [3.8, 4) is 0 Å². The molecule has 1 rings (SSSR count). The Morgan fingerprint density at radius 2 is 2.00 bits per heavy atom. The topological polar surface area (TPSA) is 49.6 Å². The molecule has 2 N–H and O–H groups in total. The van der Waals surface area contributed by atoms with Crippen molar-refractivity contribution in [3.05, 3.63) is 0 Å². The zero-order chi connectivity index (χ0) is 14.6. The highest BCUT2D eigenvalue weighted by Gasteiger charge is 2.48. The average molecular weight is 281 g/mol. The zero-order valence-electron chi connectivity index (χ0n) is 11.4. The van der Waals surface area contributed by atoms with Crippen LogP contribution >= 0.6 is 0 Å². The monoisotopic (exact) mass is 281 g/mol. The van der Waals surface area contributed by atoms with E-state index in [0.717, 1.165) is 0 Å². The predicted molar refractivity (Wildman–Crippen MR) is 66.6 cm³/mol. The van der Waals surface area contributed by atoms with Gasteiger partial charge in [0.2, 0.25) is 5.91 Å². The van der Waals surface area contributed by atoms with E-state index in [9.17, 15) is 18.0 Å². The molecule has 7 heteroatoms. The quantitative estimate of drug-likeness (QED) is 0.824. The van der Waals surface area contributed by atoms with Crippen LogP contribution in [0, 0.1) is 0 Å². The van der Waals surface area contributed by atoms with Gasteiger partial charge in [-0.05, 0) is 33.2 Å². The second-order valence-corrected chi connectivity index (χ2v) is 4.70. The maximum atomic E-state index is 12.9. The van der Waals surface area contributed by atoms with E-state index in [0.29, 0.717) is 25.9 Å². The number of likely N-dealkylation sites (tertiary alicyclic amines) is 1. The smallest absolute Gasteiger partial charge is 0.342 e. The van der Waals surface area contributed by atoms with Gasteiger partial charge in [-0.2, -0.15) is 13.2 Å². The highest BCUT2D eigenvalue weighted by Crippen LogP contribution is 2.30. The molecule has 0 aromatic carbocycles. The van der Waals surface area contributed by atoms with E-state index in [4.69, 9.17) is 5.73 Å². The van der Waals surface area contributed by atoms with Crippen LogP contribution in [0.15, 0.2) is 0 Å². The van der Waals surface area contributed by atoms with Gasteiger partial charge in [0, 0.05) is 19.6 Å². The molecule has 0 bridgehead atoms. The molecule has 0 unspecified atom stereocenters. The molecule has 1 saturated heterocycles. The van der Waals surface area contributed by atoms with E-state index in [1.807, 2.05) is 13.8 Å². The van der Waals surface area contributed by atoms with Gasteiger partial charge in [0.15, 0.2) is 0 Å². The molecule has 1 heterocycles. The third-order valence-electron chi connectivity index (χ3n) is 3.66. The average Bonchev–Trinajstić information content (AvgIpc) is 2.78. The Labute approximate surface area is 111 Å². The highest BCUT2D eigenvalue weighted by atomic mass is 19.4. The van der Waals surface area contributed by atoms with Gasteiger partial charge < -0.3 is 10.6 Å². The fraction of sp³-hybridized carbons (Fsp3) is 0.917. The normalized spacial score (nSPS) is 22.5. The van der Waals surface area contributed by atoms with Gasteiger partial charge in [0.25, 0.3) is 0 Å². The summed E-state index contributed by atoms with van der Waals surface area (Å²) < 4.78 is 38.8. The van der Waals surface area contributed by atoms with E-state index in [1.165, 1.54) is 4.90 Å². The first-order chi connectivity index (χ1) is 8.86. The van der Waals surface area contributed by atoms with Gasteiger partial charge in [0.05, 0.1) is 6.04 Å². The lowest BCUT2D eigenvalue weighted by molar-refractivity contribution is -0.185. The summed E-state index contributed by atoms with van der Waals surface area (Å²) in [5.41, 5.74) is 5.26. The van der Waals surface area contributed by atoms with Gasteiger partial charge in [-0.3, -0.25) is 9.69 Å². The van der Waals surface area contributed by atoms with E-state index in [-0.39, 0.29) is 12.5 Å². The number of hydrogen-bond acceptors (Lipinski definition) is 3. The Balaban J connectivity index is 2.86. The summed E-state index contributed by atoms with van der Waals surface area (Å²) >= 11 is 0. The minimum Gasteiger partial charge on any atom is -0.342 e. The third-order valence-corrected chi connectivity index (χ3v) is 3.66. The number of carbonyl (C=O) groups is 1. The lowest BCUT2D eigenvalue weighted by atomic mass is 10.1. The zero-order valence-corrected chi connectivity index (χ0v) is 11.4. The molecule has 0 spiro atoms. The van der Waals surface area contributed by atoms with E-state index in [1.54, 1.807) is 4.90 Å². The molecule has 1 fully saturated rings. The SMILES string of the molecule is CCN(CC)C(=O)[C@@H]1CCCN1[C@@H](CN)C(F)(F)F. The number of rotatable bonds is 5. The molecular weight excluding hydrogens is 259 g/mol. The number of halogens is 3. The molecule has 1 amide bonds. The molecule has 4 nitrogen and oxygen atoms in total. The molecule has 1 aliphatic heterocycles. The van der Waals surface area contributed by atoms with E-state index >= 15 is 0 Å². The van der Waals surface area contributed by atoms with Crippen LogP contribution in [0.1, 0.15) is 26.7 Å². The Morgan fingerprint density at radius 3 is 2.42 bits per heavy atom. The van der Waals surface area contributed by atoms with E-state index < -0.39 is 24.8 Å². The van der Waals surface area contributed by atoms with Crippen LogP contribution in [-0.2, 0) is 4.79 Å². The number of amides is 1. The number of hydrogen-bond donors (Lipinski definition) is 1. The lowest BCUT2D eigenvalue weighted by Crippen LogP contribution is -2.56. The largest absolute Gasteiger partial charge is 0.405 e. The fourth-order valence-corrected chi connectivity index (χ4v) is 2.63. The molecule has 0 aromatic rings. The predicted octanol–water partition coefficient (Wildman–Crippen LogP) is 1.21. The van der Waals surface area contributed by atoms with Crippen molar-refractivity contribution in [2.75, 3.05) is 26.2 Å². The molecular formula is C12H22F3N3O. The lowest BCUT2D eigenvalue weighted by Gasteiger charge is -2.35. The highest BCUT2D eigenvalue weighted by molar-refractivity contribution is 5.82. The van der Waals surface area contributed by atoms with Crippen molar-refractivity contribution >= 4 is 5.91 Å². The third kappa shape index (κ3) is 3.60. The van der Waals surface area contributed by atoms with Gasteiger partial charge in [-0.1, -0.05) is 0 Å². The summed E-state index contributed by atoms with van der Waals surface area (Å²) in [5.74, 6) is -0.217. The first kappa shape index (κ1) is 16.2. The Morgan fingerprint density at radius 1 is 1.42 bits per heavy atom. The molecule has 0 aliphatic carbocycles. The number of nitrogens with two attached hydrogens (primary N) is 1. The van der Waals surface area contributed by atoms with Crippen LogP contribution in [0.3, 0.4) is 0 Å². The summed E-state index contributed by atoms with van der Waals surface area (Å²) in [7, 11) is 0. The van der Waals surface area contributed by atoms with Gasteiger partial charge >= 0.3 is 6.18 Å². The minimum atomic E-state index is -4.39. The van der Waals surface area contributed by atoms with Crippen LogP contribution in [0.5, 0.6) is 0 Å². The standard InChI is InChI=1S/C12H22F3N3O/c1-3-17(4-2)11(19)9-6-5-7-18(9)10(8-16)12(13,14)15/h9-10H,3-8,16H2,1-2H3/t9-,10-/m0/s1. The van der Waals surface area contributed by atoms with Crippen LogP contribution in [0.4, 0.5) is 13.2 Å². The van der Waals surface area contributed by atoms with Crippen LogP contribution < -0.4 is 5.73 Å². The van der Waals surface area contributed by atoms with Gasteiger partial charge in [0.1, 0.15) is 6.04 Å². The Bertz CT molecular complexity index is 305. The molecule has 19 heavy (non-hydrogen) atoms. The number of likely N-dealkylation sites (N-methyl/N-ethyl adjacent to an activating group) is 1. The van der Waals surface area contributed by atoms with Crippen molar-refractivity contribution < 1.29 is 18.0 Å². The van der Waals surface area contributed by atoms with Crippen molar-refractivity contribution in [2.45, 2.75) is 44.9 Å². The first-order valence-electron chi connectivity index (χ1n) is 6.68. The van der Waals surface area contributed by atoms with Crippen molar-refractivity contribution in [1.82, 2.24) is 9.80 Å². The second kappa shape index (κ2) is 6.56. The Kier molecular flexibility index (Phi) is 5.61. The number of alkyl halides is 3. The minimum absolute atomic E-state index is 0.217. The molecule has 112 valence electrons. The summed E-state index contributed by atoms with van der Waals surface area (Å²) in [6.45, 7) is 4.44. The van der Waals surface area contributed by atoms with Crippen LogP contribution in [0.25, 0.3) is 0 Å². The van der Waals surface area contributed by atoms with Crippen LogP contribution in [-0.4, -0.2) is 60.1 Å². The first-order valence-corrected chi connectivity index (χ1v) is 6.68. The second-order valence-electron chi connectivity index (χ2n) is 4.70. The number of carbonyl (C=O) groups excluding carboxylic acids is 1. The summed E-state index contributed by atoms with van der Waals surface area (Å²) in [6.07, 6.45) is -3.31. The van der Waals surface area contributed by atoms with Gasteiger partial charge in [-0.15, -0.1) is 0 Å². The molecule has 0 radical (unpaired) electrons. The molecule has 0 aromatic heterocycles. The van der Waals surface area contributed by atoms with Crippen molar-refractivity contribution in [1.29, 1.82) is 0 Å². The van der Waals surface area contributed by atoms with Crippen molar-refractivity contribution in [3.63, 3.8) is 0 Å². The molecule has 1 aliphatic rings. The molecule has 0 saturated carbocycles. The van der Waals surface area contributed by atoms with Crippen molar-refractivity contribution in [2.24, 2.45) is 5.73 Å². The van der Waals surface area contributed by atoms with E-state index in [2.05, 4.69) is 0 Å². The Hall–Kier alpha value is -0.820.